The number of carbonyl (C=O) groups excluding carboxylic acids is 1. The van der Waals surface area contributed by atoms with Crippen LogP contribution in [0.4, 0.5) is 4.79 Å². The molecule has 0 aromatic carbocycles. The van der Waals surface area contributed by atoms with E-state index in [0.29, 0.717) is 18.4 Å². The Morgan fingerprint density at radius 2 is 2.00 bits per heavy atom. The van der Waals surface area contributed by atoms with Crippen LogP contribution in [-0.2, 0) is 4.74 Å². The summed E-state index contributed by atoms with van der Waals surface area (Å²) in [6.07, 6.45) is 1.78. The first-order valence-electron chi connectivity index (χ1n) is 5.50. The number of amides is 1. The van der Waals surface area contributed by atoms with Crippen LogP contribution in [0.2, 0.25) is 0 Å². The molecule has 0 aliphatic heterocycles. The zero-order chi connectivity index (χ0) is 11.5. The van der Waals surface area contributed by atoms with Crippen LogP contribution in [0.15, 0.2) is 0 Å². The van der Waals surface area contributed by atoms with E-state index in [1.54, 1.807) is 0 Å². The molecule has 4 heteroatoms. The highest BCUT2D eigenvalue weighted by Crippen LogP contribution is 2.32. The van der Waals surface area contributed by atoms with Crippen molar-refractivity contribution in [2.45, 2.75) is 39.2 Å². The highest BCUT2D eigenvalue weighted by Gasteiger charge is 2.30. The fraction of sp³-hybridized carbons (Fsp3) is 0.909. The van der Waals surface area contributed by atoms with Crippen molar-refractivity contribution in [1.82, 2.24) is 5.32 Å². The topological polar surface area (TPSA) is 58.6 Å². The molecule has 0 aromatic rings. The Balaban J connectivity index is 2.17. The second-order valence-electron chi connectivity index (χ2n) is 5.16. The number of carbonyl (C=O) groups is 1. The maximum atomic E-state index is 11.3. The number of alkyl carbamates (subject to hydrolysis) is 1. The molecule has 0 radical (unpaired) electrons. The van der Waals surface area contributed by atoms with Crippen LogP contribution in [0.25, 0.3) is 0 Å². The van der Waals surface area contributed by atoms with Crippen molar-refractivity contribution >= 4 is 6.09 Å². The van der Waals surface area contributed by atoms with Gasteiger partial charge < -0.3 is 15.2 Å². The number of ether oxygens (including phenoxy) is 1. The van der Waals surface area contributed by atoms with Gasteiger partial charge in [-0.1, -0.05) is 0 Å². The molecule has 1 aliphatic rings. The molecule has 2 N–H and O–H groups in total. The van der Waals surface area contributed by atoms with Gasteiger partial charge in [-0.25, -0.2) is 4.79 Å². The number of aliphatic hydroxyl groups is 1. The Labute approximate surface area is 91.0 Å². The van der Waals surface area contributed by atoms with Gasteiger partial charge in [0.2, 0.25) is 0 Å². The van der Waals surface area contributed by atoms with E-state index in [4.69, 9.17) is 9.84 Å². The molecule has 1 aliphatic carbocycles. The van der Waals surface area contributed by atoms with Crippen LogP contribution >= 0.6 is 0 Å². The van der Waals surface area contributed by atoms with Crippen molar-refractivity contribution in [2.24, 2.45) is 11.8 Å². The summed E-state index contributed by atoms with van der Waals surface area (Å²) in [4.78, 5) is 11.3. The summed E-state index contributed by atoms with van der Waals surface area (Å²) < 4.78 is 5.11. The van der Waals surface area contributed by atoms with Gasteiger partial charge in [-0.15, -0.1) is 0 Å². The largest absolute Gasteiger partial charge is 0.444 e. The third-order valence-corrected chi connectivity index (χ3v) is 2.72. The van der Waals surface area contributed by atoms with E-state index in [1.165, 1.54) is 0 Å². The lowest BCUT2D eigenvalue weighted by atomic mass is 9.74. The lowest BCUT2D eigenvalue weighted by Gasteiger charge is -2.35. The molecule has 1 saturated carbocycles. The van der Waals surface area contributed by atoms with Gasteiger partial charge in [0.25, 0.3) is 0 Å². The van der Waals surface area contributed by atoms with E-state index in [1.807, 2.05) is 20.8 Å². The fourth-order valence-corrected chi connectivity index (χ4v) is 1.68. The van der Waals surface area contributed by atoms with Crippen molar-refractivity contribution in [2.75, 3.05) is 13.2 Å². The zero-order valence-electron chi connectivity index (χ0n) is 9.75. The Hall–Kier alpha value is -0.770. The standard InChI is InChI=1S/C11H21NO3/c1-11(2,3)15-10(14)12-6-8-4-5-9(8)7-13/h8-9,13H,4-7H2,1-3H3,(H,12,14). The van der Waals surface area contributed by atoms with Crippen molar-refractivity contribution < 1.29 is 14.6 Å². The molecule has 0 heterocycles. The highest BCUT2D eigenvalue weighted by atomic mass is 16.6. The Morgan fingerprint density at radius 3 is 2.40 bits per heavy atom. The van der Waals surface area contributed by atoms with Gasteiger partial charge in [0.05, 0.1) is 0 Å². The molecule has 0 saturated heterocycles. The molecule has 2 atom stereocenters. The molecule has 15 heavy (non-hydrogen) atoms. The van der Waals surface area contributed by atoms with E-state index in [0.717, 1.165) is 12.8 Å². The number of hydrogen-bond donors (Lipinski definition) is 2. The van der Waals surface area contributed by atoms with E-state index >= 15 is 0 Å². The molecule has 4 nitrogen and oxygen atoms in total. The van der Waals surface area contributed by atoms with Gasteiger partial charge in [-0.3, -0.25) is 0 Å². The van der Waals surface area contributed by atoms with Crippen molar-refractivity contribution in [3.8, 4) is 0 Å². The van der Waals surface area contributed by atoms with Crippen LogP contribution in [-0.4, -0.2) is 30.0 Å². The van der Waals surface area contributed by atoms with Crippen LogP contribution in [0.1, 0.15) is 33.6 Å². The molecule has 1 amide bonds. The van der Waals surface area contributed by atoms with Crippen molar-refractivity contribution in [3.05, 3.63) is 0 Å². The third-order valence-electron chi connectivity index (χ3n) is 2.72. The predicted molar refractivity (Wildman–Crippen MR) is 57.5 cm³/mol. The van der Waals surface area contributed by atoms with Crippen LogP contribution in [0.5, 0.6) is 0 Å². The van der Waals surface area contributed by atoms with E-state index in [9.17, 15) is 4.79 Å². The van der Waals surface area contributed by atoms with Gasteiger partial charge in [0.15, 0.2) is 0 Å². The van der Waals surface area contributed by atoms with E-state index in [2.05, 4.69) is 5.32 Å². The summed E-state index contributed by atoms with van der Waals surface area (Å²) in [6.45, 7) is 6.35. The second-order valence-corrected chi connectivity index (χ2v) is 5.16. The fourth-order valence-electron chi connectivity index (χ4n) is 1.68. The lowest BCUT2D eigenvalue weighted by Crippen LogP contribution is -2.41. The lowest BCUT2D eigenvalue weighted by molar-refractivity contribution is 0.0452. The van der Waals surface area contributed by atoms with Crippen LogP contribution in [0, 0.1) is 11.8 Å². The van der Waals surface area contributed by atoms with E-state index in [-0.39, 0.29) is 12.7 Å². The molecule has 0 spiro atoms. The van der Waals surface area contributed by atoms with Crippen LogP contribution in [0.3, 0.4) is 0 Å². The smallest absolute Gasteiger partial charge is 0.407 e. The first-order chi connectivity index (χ1) is 6.92. The average molecular weight is 215 g/mol. The summed E-state index contributed by atoms with van der Waals surface area (Å²) in [6, 6.07) is 0. The first kappa shape index (κ1) is 12.3. The van der Waals surface area contributed by atoms with E-state index < -0.39 is 5.60 Å². The minimum absolute atomic E-state index is 0.223. The summed E-state index contributed by atoms with van der Waals surface area (Å²) in [7, 11) is 0. The second kappa shape index (κ2) is 4.84. The highest BCUT2D eigenvalue weighted by molar-refractivity contribution is 5.67. The molecule has 88 valence electrons. The number of aliphatic hydroxyl groups excluding tert-OH is 1. The maximum absolute atomic E-state index is 11.3. The molecular formula is C11H21NO3. The predicted octanol–water partition coefficient (Wildman–Crippen LogP) is 1.53. The molecule has 0 bridgehead atoms. The zero-order valence-corrected chi connectivity index (χ0v) is 9.75. The summed E-state index contributed by atoms with van der Waals surface area (Å²) in [5.41, 5.74) is -0.444. The molecular weight excluding hydrogens is 194 g/mol. The quantitative estimate of drug-likeness (QED) is 0.750. The van der Waals surface area contributed by atoms with Gasteiger partial charge >= 0.3 is 6.09 Å². The Kier molecular flexibility index (Phi) is 3.97. The molecule has 1 fully saturated rings. The van der Waals surface area contributed by atoms with Gasteiger partial charge in [0, 0.05) is 13.2 Å². The van der Waals surface area contributed by atoms with Crippen molar-refractivity contribution in [1.29, 1.82) is 0 Å². The Morgan fingerprint density at radius 1 is 1.40 bits per heavy atom. The molecule has 0 aromatic heterocycles. The molecule has 1 rings (SSSR count). The summed E-state index contributed by atoms with van der Waals surface area (Å²) in [5.74, 6) is 0.780. The summed E-state index contributed by atoms with van der Waals surface area (Å²) >= 11 is 0. The van der Waals surface area contributed by atoms with Gasteiger partial charge in [-0.2, -0.15) is 0 Å². The average Bonchev–Trinajstić information content (AvgIpc) is 1.99. The normalized spacial score (nSPS) is 25.6. The van der Waals surface area contributed by atoms with Gasteiger partial charge in [-0.05, 0) is 45.4 Å². The number of rotatable bonds is 3. The van der Waals surface area contributed by atoms with Crippen LogP contribution < -0.4 is 5.32 Å². The number of nitrogens with one attached hydrogen (secondary N) is 1. The minimum Gasteiger partial charge on any atom is -0.444 e. The SMILES string of the molecule is CC(C)(C)OC(=O)NCC1CCC1CO. The summed E-state index contributed by atoms with van der Waals surface area (Å²) in [5, 5.41) is 11.7. The number of hydrogen-bond acceptors (Lipinski definition) is 3. The monoisotopic (exact) mass is 215 g/mol. The Bertz CT molecular complexity index is 220. The minimum atomic E-state index is -0.444. The maximum Gasteiger partial charge on any atom is 0.407 e. The molecule has 2 unspecified atom stereocenters. The van der Waals surface area contributed by atoms with Gasteiger partial charge in [0.1, 0.15) is 5.60 Å². The first-order valence-corrected chi connectivity index (χ1v) is 5.50. The third kappa shape index (κ3) is 4.08. The van der Waals surface area contributed by atoms with Crippen molar-refractivity contribution in [3.63, 3.8) is 0 Å².